The standard InChI is InChI=1S/C13H19N3O2/c1-9-6-7-15(10(2)8-9)12-5-3-4-11(14)13(12)16(17)18/h3-5,9-10H,6-8,14H2,1-2H3. The van der Waals surface area contributed by atoms with E-state index in [1.54, 1.807) is 18.2 Å². The van der Waals surface area contributed by atoms with Crippen molar-refractivity contribution < 1.29 is 4.92 Å². The molecule has 0 bridgehead atoms. The summed E-state index contributed by atoms with van der Waals surface area (Å²) in [6, 6.07) is 5.47. The summed E-state index contributed by atoms with van der Waals surface area (Å²) in [4.78, 5) is 12.9. The molecule has 1 saturated heterocycles. The minimum Gasteiger partial charge on any atom is -0.393 e. The maximum absolute atomic E-state index is 11.2. The van der Waals surface area contributed by atoms with Crippen LogP contribution in [0.1, 0.15) is 26.7 Å². The van der Waals surface area contributed by atoms with Crippen molar-refractivity contribution in [2.45, 2.75) is 32.7 Å². The van der Waals surface area contributed by atoms with E-state index in [0.717, 1.165) is 19.4 Å². The van der Waals surface area contributed by atoms with Gasteiger partial charge >= 0.3 is 5.69 Å². The maximum atomic E-state index is 11.2. The Bertz CT molecular complexity index is 462. The molecule has 1 aliphatic heterocycles. The van der Waals surface area contributed by atoms with Gasteiger partial charge in [-0.1, -0.05) is 13.0 Å². The molecule has 5 heteroatoms. The number of piperidine rings is 1. The second kappa shape index (κ2) is 4.84. The zero-order valence-corrected chi connectivity index (χ0v) is 10.8. The summed E-state index contributed by atoms with van der Waals surface area (Å²) in [6.45, 7) is 5.19. The SMILES string of the molecule is CC1CCN(c2cccc(N)c2[N+](=O)[O-])C(C)C1. The number of nitro groups is 1. The molecule has 5 nitrogen and oxygen atoms in total. The van der Waals surface area contributed by atoms with Crippen LogP contribution in [0.4, 0.5) is 17.1 Å². The fourth-order valence-electron chi connectivity index (χ4n) is 2.74. The Morgan fingerprint density at radius 1 is 1.44 bits per heavy atom. The number of nitrogens with two attached hydrogens (primary N) is 1. The van der Waals surface area contributed by atoms with Crippen LogP contribution < -0.4 is 10.6 Å². The molecule has 0 saturated carbocycles. The van der Waals surface area contributed by atoms with Gasteiger partial charge in [0.2, 0.25) is 0 Å². The first kappa shape index (κ1) is 12.7. The zero-order chi connectivity index (χ0) is 13.3. The Hall–Kier alpha value is -1.78. The van der Waals surface area contributed by atoms with Gasteiger partial charge in [0.25, 0.3) is 0 Å². The topological polar surface area (TPSA) is 72.4 Å². The highest BCUT2D eigenvalue weighted by Crippen LogP contribution is 2.37. The second-order valence-corrected chi connectivity index (χ2v) is 5.14. The van der Waals surface area contributed by atoms with Gasteiger partial charge in [0.05, 0.1) is 4.92 Å². The van der Waals surface area contributed by atoms with Gasteiger partial charge in [-0.2, -0.15) is 0 Å². The van der Waals surface area contributed by atoms with Crippen molar-refractivity contribution >= 4 is 17.1 Å². The fourth-order valence-corrected chi connectivity index (χ4v) is 2.74. The average Bonchev–Trinajstić information content (AvgIpc) is 2.28. The van der Waals surface area contributed by atoms with Gasteiger partial charge < -0.3 is 10.6 Å². The van der Waals surface area contributed by atoms with Gasteiger partial charge in [0, 0.05) is 12.6 Å². The van der Waals surface area contributed by atoms with E-state index < -0.39 is 0 Å². The van der Waals surface area contributed by atoms with Crippen molar-refractivity contribution in [3.63, 3.8) is 0 Å². The molecule has 0 radical (unpaired) electrons. The van der Waals surface area contributed by atoms with E-state index in [2.05, 4.69) is 18.7 Å². The van der Waals surface area contributed by atoms with Crippen molar-refractivity contribution in [1.82, 2.24) is 0 Å². The Kier molecular flexibility index (Phi) is 3.41. The van der Waals surface area contributed by atoms with Crippen molar-refractivity contribution in [3.05, 3.63) is 28.3 Å². The maximum Gasteiger partial charge on any atom is 0.315 e. The van der Waals surface area contributed by atoms with Crippen molar-refractivity contribution in [1.29, 1.82) is 0 Å². The second-order valence-electron chi connectivity index (χ2n) is 5.14. The molecule has 18 heavy (non-hydrogen) atoms. The van der Waals surface area contributed by atoms with E-state index in [-0.39, 0.29) is 16.3 Å². The minimum absolute atomic E-state index is 0.0407. The van der Waals surface area contributed by atoms with Gasteiger partial charge in [-0.25, -0.2) is 0 Å². The van der Waals surface area contributed by atoms with Crippen LogP contribution in [-0.4, -0.2) is 17.5 Å². The summed E-state index contributed by atoms with van der Waals surface area (Å²) < 4.78 is 0. The van der Waals surface area contributed by atoms with Crippen LogP contribution in [-0.2, 0) is 0 Å². The van der Waals surface area contributed by atoms with Crippen LogP contribution in [0.2, 0.25) is 0 Å². The van der Waals surface area contributed by atoms with Gasteiger partial charge in [-0.05, 0) is 37.8 Å². The summed E-state index contributed by atoms with van der Waals surface area (Å²) >= 11 is 0. The lowest BCUT2D eigenvalue weighted by atomic mass is 9.92. The molecule has 1 fully saturated rings. The highest BCUT2D eigenvalue weighted by atomic mass is 16.6. The first-order valence-electron chi connectivity index (χ1n) is 6.30. The number of hydrogen-bond donors (Lipinski definition) is 1. The lowest BCUT2D eigenvalue weighted by Gasteiger charge is -2.38. The van der Waals surface area contributed by atoms with E-state index in [4.69, 9.17) is 5.73 Å². The highest BCUT2D eigenvalue weighted by Gasteiger charge is 2.29. The molecule has 0 amide bonds. The predicted octanol–water partition coefficient (Wildman–Crippen LogP) is 2.80. The average molecular weight is 249 g/mol. The first-order valence-corrected chi connectivity index (χ1v) is 6.30. The number of hydrogen-bond acceptors (Lipinski definition) is 4. The molecule has 0 aliphatic carbocycles. The van der Waals surface area contributed by atoms with Gasteiger partial charge in [0.15, 0.2) is 0 Å². The Morgan fingerprint density at radius 2 is 2.17 bits per heavy atom. The summed E-state index contributed by atoms with van der Waals surface area (Å²) in [5.41, 5.74) is 6.67. The Morgan fingerprint density at radius 3 is 2.78 bits per heavy atom. The van der Waals surface area contributed by atoms with Crippen LogP contribution in [0, 0.1) is 16.0 Å². The van der Waals surface area contributed by atoms with Gasteiger partial charge in [-0.3, -0.25) is 10.1 Å². The molecule has 2 rings (SSSR count). The summed E-state index contributed by atoms with van der Waals surface area (Å²) in [5.74, 6) is 0.677. The third-order valence-electron chi connectivity index (χ3n) is 3.68. The molecule has 2 N–H and O–H groups in total. The molecule has 1 heterocycles. The summed E-state index contributed by atoms with van der Waals surface area (Å²) in [6.07, 6.45) is 2.13. The summed E-state index contributed by atoms with van der Waals surface area (Å²) in [5, 5.41) is 11.2. The molecule has 98 valence electrons. The molecular formula is C13H19N3O2. The van der Waals surface area contributed by atoms with E-state index >= 15 is 0 Å². The largest absolute Gasteiger partial charge is 0.393 e. The zero-order valence-electron chi connectivity index (χ0n) is 10.8. The normalized spacial score (nSPS) is 24.0. The molecule has 1 aliphatic rings. The molecule has 1 aromatic rings. The fraction of sp³-hybridized carbons (Fsp3) is 0.538. The molecule has 1 aromatic carbocycles. The third-order valence-corrected chi connectivity index (χ3v) is 3.68. The highest BCUT2D eigenvalue weighted by molar-refractivity contribution is 5.75. The molecule has 0 spiro atoms. The molecule has 2 unspecified atom stereocenters. The first-order chi connectivity index (χ1) is 8.50. The van der Waals surface area contributed by atoms with E-state index in [1.807, 2.05) is 0 Å². The van der Waals surface area contributed by atoms with Crippen LogP contribution >= 0.6 is 0 Å². The van der Waals surface area contributed by atoms with Gasteiger partial charge in [0.1, 0.15) is 11.4 Å². The van der Waals surface area contributed by atoms with Crippen LogP contribution in [0.25, 0.3) is 0 Å². The van der Waals surface area contributed by atoms with E-state index in [1.165, 1.54) is 0 Å². The predicted molar refractivity (Wildman–Crippen MR) is 72.7 cm³/mol. The monoisotopic (exact) mass is 249 g/mol. The lowest BCUT2D eigenvalue weighted by molar-refractivity contribution is -0.383. The number of rotatable bonds is 2. The number of para-hydroxylation sites is 1. The quantitative estimate of drug-likeness (QED) is 0.497. The summed E-state index contributed by atoms with van der Waals surface area (Å²) in [7, 11) is 0. The van der Waals surface area contributed by atoms with E-state index in [9.17, 15) is 10.1 Å². The molecule has 0 aromatic heterocycles. The Balaban J connectivity index is 2.39. The van der Waals surface area contributed by atoms with Crippen LogP contribution in [0.3, 0.4) is 0 Å². The van der Waals surface area contributed by atoms with Crippen molar-refractivity contribution in [2.75, 3.05) is 17.2 Å². The minimum atomic E-state index is -0.380. The van der Waals surface area contributed by atoms with Crippen molar-refractivity contribution in [3.8, 4) is 0 Å². The molecule has 2 atom stereocenters. The van der Waals surface area contributed by atoms with Crippen LogP contribution in [0.5, 0.6) is 0 Å². The third kappa shape index (κ3) is 2.25. The Labute approximate surface area is 107 Å². The van der Waals surface area contributed by atoms with Crippen molar-refractivity contribution in [2.24, 2.45) is 5.92 Å². The van der Waals surface area contributed by atoms with Crippen LogP contribution in [0.15, 0.2) is 18.2 Å². The number of nitrogen functional groups attached to an aromatic ring is 1. The lowest BCUT2D eigenvalue weighted by Crippen LogP contribution is -2.40. The number of anilines is 2. The number of benzene rings is 1. The van der Waals surface area contributed by atoms with E-state index in [0.29, 0.717) is 17.6 Å². The smallest absolute Gasteiger partial charge is 0.315 e. The van der Waals surface area contributed by atoms with Gasteiger partial charge in [-0.15, -0.1) is 0 Å². The number of nitro benzene ring substituents is 1. The molecular weight excluding hydrogens is 230 g/mol. The number of nitrogens with zero attached hydrogens (tertiary/aromatic N) is 2.